The summed E-state index contributed by atoms with van der Waals surface area (Å²) in [7, 11) is 0. The highest BCUT2D eigenvalue weighted by atomic mass is 32.1. The lowest BCUT2D eigenvalue weighted by Gasteiger charge is -2.37. The summed E-state index contributed by atoms with van der Waals surface area (Å²) in [6.07, 6.45) is 2.95. The average Bonchev–Trinajstić information content (AvgIpc) is 3.15. The van der Waals surface area contributed by atoms with E-state index in [1.807, 2.05) is 16.3 Å². The number of carbonyl (C=O) groups is 1. The number of thiophene rings is 1. The smallest absolute Gasteiger partial charge is 0.254 e. The Kier molecular flexibility index (Phi) is 4.59. The highest BCUT2D eigenvalue weighted by Gasteiger charge is 2.32. The van der Waals surface area contributed by atoms with Crippen LogP contribution in [0.1, 0.15) is 34.5 Å². The SMILES string of the molecule is O=C(c1csc(C#CCCO)c1)N1CCN2CCCC2C1. The number of aliphatic hydroxyl groups excluding tert-OH is 1. The van der Waals surface area contributed by atoms with E-state index in [2.05, 4.69) is 16.7 Å². The summed E-state index contributed by atoms with van der Waals surface area (Å²) < 4.78 is 0. The molecule has 1 amide bonds. The van der Waals surface area contributed by atoms with Gasteiger partial charge in [0.1, 0.15) is 0 Å². The van der Waals surface area contributed by atoms with Crippen LogP contribution in [0.4, 0.5) is 0 Å². The van der Waals surface area contributed by atoms with Crippen LogP contribution < -0.4 is 0 Å². The van der Waals surface area contributed by atoms with Crippen LogP contribution in [0.25, 0.3) is 0 Å². The molecule has 2 aliphatic rings. The molecule has 112 valence electrons. The van der Waals surface area contributed by atoms with Crippen molar-refractivity contribution in [1.29, 1.82) is 0 Å². The van der Waals surface area contributed by atoms with E-state index in [1.54, 1.807) is 0 Å². The molecule has 2 fully saturated rings. The molecule has 4 nitrogen and oxygen atoms in total. The molecule has 3 rings (SSSR count). The van der Waals surface area contributed by atoms with Gasteiger partial charge in [-0.1, -0.05) is 11.8 Å². The molecule has 2 aliphatic heterocycles. The van der Waals surface area contributed by atoms with Gasteiger partial charge >= 0.3 is 0 Å². The van der Waals surface area contributed by atoms with Gasteiger partial charge < -0.3 is 10.0 Å². The van der Waals surface area contributed by atoms with Gasteiger partial charge in [-0.3, -0.25) is 9.69 Å². The second-order valence-corrected chi connectivity index (χ2v) is 6.47. The van der Waals surface area contributed by atoms with E-state index in [-0.39, 0.29) is 12.5 Å². The monoisotopic (exact) mass is 304 g/mol. The lowest BCUT2D eigenvalue weighted by molar-refractivity contribution is 0.0572. The molecule has 0 saturated carbocycles. The Bertz CT molecular complexity index is 572. The van der Waals surface area contributed by atoms with Crippen molar-refractivity contribution in [3.63, 3.8) is 0 Å². The second kappa shape index (κ2) is 6.61. The van der Waals surface area contributed by atoms with Crippen LogP contribution in [0.3, 0.4) is 0 Å². The molecule has 0 bridgehead atoms. The van der Waals surface area contributed by atoms with E-state index in [0.29, 0.717) is 12.5 Å². The zero-order valence-corrected chi connectivity index (χ0v) is 12.9. The average molecular weight is 304 g/mol. The number of carbonyl (C=O) groups excluding carboxylic acids is 1. The number of hydrogen-bond acceptors (Lipinski definition) is 4. The van der Waals surface area contributed by atoms with Gasteiger partial charge in [-0.2, -0.15) is 0 Å². The van der Waals surface area contributed by atoms with Gasteiger partial charge in [0, 0.05) is 37.5 Å². The topological polar surface area (TPSA) is 43.8 Å². The lowest BCUT2D eigenvalue weighted by Crippen LogP contribution is -2.51. The fourth-order valence-corrected chi connectivity index (χ4v) is 3.83. The number of nitrogens with zero attached hydrogens (tertiary/aromatic N) is 2. The summed E-state index contributed by atoms with van der Waals surface area (Å²) in [5.41, 5.74) is 0.750. The van der Waals surface area contributed by atoms with E-state index in [4.69, 9.17) is 5.11 Å². The molecule has 1 aromatic heterocycles. The highest BCUT2D eigenvalue weighted by Crippen LogP contribution is 2.23. The molecule has 0 aliphatic carbocycles. The molecular formula is C16H20N2O2S. The molecule has 21 heavy (non-hydrogen) atoms. The summed E-state index contributed by atoms with van der Waals surface area (Å²) in [5.74, 6) is 6.01. The predicted molar refractivity (Wildman–Crippen MR) is 83.4 cm³/mol. The Morgan fingerprint density at radius 3 is 3.19 bits per heavy atom. The van der Waals surface area contributed by atoms with Crippen molar-refractivity contribution < 1.29 is 9.90 Å². The van der Waals surface area contributed by atoms with Crippen molar-refractivity contribution >= 4 is 17.2 Å². The minimum absolute atomic E-state index is 0.0792. The standard InChI is InChI=1S/C16H20N2O2S/c19-9-2-1-5-15-10-13(12-21-15)16(20)18-8-7-17-6-3-4-14(17)11-18/h10,12,14,19H,2-4,6-9,11H2. The molecule has 1 aromatic rings. The van der Waals surface area contributed by atoms with Crippen molar-refractivity contribution in [3.8, 4) is 11.8 Å². The van der Waals surface area contributed by atoms with Gasteiger partial charge in [-0.25, -0.2) is 0 Å². The molecule has 0 spiro atoms. The minimum atomic E-state index is 0.0792. The van der Waals surface area contributed by atoms with Crippen LogP contribution in [0.5, 0.6) is 0 Å². The number of amides is 1. The van der Waals surface area contributed by atoms with Gasteiger partial charge in [-0.15, -0.1) is 11.3 Å². The van der Waals surface area contributed by atoms with Crippen LogP contribution in [-0.4, -0.2) is 59.6 Å². The largest absolute Gasteiger partial charge is 0.395 e. The Morgan fingerprint density at radius 1 is 1.43 bits per heavy atom. The molecule has 1 unspecified atom stereocenters. The third-order valence-corrected chi connectivity index (χ3v) is 5.01. The summed E-state index contributed by atoms with van der Waals surface area (Å²) in [5, 5.41) is 10.6. The zero-order valence-electron chi connectivity index (χ0n) is 12.0. The van der Waals surface area contributed by atoms with Crippen LogP contribution >= 0.6 is 11.3 Å². The maximum absolute atomic E-state index is 12.6. The Labute approximate surface area is 129 Å². The van der Waals surface area contributed by atoms with Crippen LogP contribution in [-0.2, 0) is 0 Å². The quantitative estimate of drug-likeness (QED) is 0.840. The van der Waals surface area contributed by atoms with Gasteiger partial charge in [0.15, 0.2) is 0 Å². The third kappa shape index (κ3) is 3.29. The van der Waals surface area contributed by atoms with Gasteiger partial charge in [0.25, 0.3) is 5.91 Å². The first-order valence-electron chi connectivity index (χ1n) is 7.49. The van der Waals surface area contributed by atoms with E-state index in [1.165, 1.54) is 30.7 Å². The maximum atomic E-state index is 12.6. The molecule has 2 saturated heterocycles. The van der Waals surface area contributed by atoms with Gasteiger partial charge in [-0.05, 0) is 25.5 Å². The molecule has 3 heterocycles. The Morgan fingerprint density at radius 2 is 2.33 bits per heavy atom. The number of aliphatic hydroxyl groups is 1. The number of fused-ring (bicyclic) bond motifs is 1. The Balaban J connectivity index is 1.64. The summed E-state index contributed by atoms with van der Waals surface area (Å²) in [4.78, 5) is 17.9. The first-order chi connectivity index (χ1) is 10.3. The van der Waals surface area contributed by atoms with E-state index < -0.39 is 0 Å². The maximum Gasteiger partial charge on any atom is 0.254 e. The van der Waals surface area contributed by atoms with Crippen molar-refractivity contribution in [2.24, 2.45) is 0 Å². The first-order valence-corrected chi connectivity index (χ1v) is 8.37. The molecule has 1 atom stereocenters. The second-order valence-electron chi connectivity index (χ2n) is 5.56. The normalized spacial score (nSPS) is 21.8. The lowest BCUT2D eigenvalue weighted by atomic mass is 10.1. The molecular weight excluding hydrogens is 284 g/mol. The van der Waals surface area contributed by atoms with Crippen LogP contribution in [0, 0.1) is 11.8 Å². The number of piperazine rings is 1. The molecule has 0 aromatic carbocycles. The minimum Gasteiger partial charge on any atom is -0.395 e. The summed E-state index contributed by atoms with van der Waals surface area (Å²) in [6, 6.07) is 2.43. The summed E-state index contributed by atoms with van der Waals surface area (Å²) >= 11 is 1.50. The van der Waals surface area contributed by atoms with Gasteiger partial charge in [0.05, 0.1) is 17.0 Å². The number of hydrogen-bond donors (Lipinski definition) is 1. The predicted octanol–water partition coefficient (Wildman–Crippen LogP) is 1.40. The van der Waals surface area contributed by atoms with Gasteiger partial charge in [0.2, 0.25) is 0 Å². The highest BCUT2D eigenvalue weighted by molar-refractivity contribution is 7.10. The van der Waals surface area contributed by atoms with Crippen molar-refractivity contribution in [1.82, 2.24) is 9.80 Å². The Hall–Kier alpha value is -1.35. The summed E-state index contributed by atoms with van der Waals surface area (Å²) in [6.45, 7) is 3.96. The van der Waals surface area contributed by atoms with Crippen molar-refractivity contribution in [3.05, 3.63) is 21.9 Å². The third-order valence-electron chi connectivity index (χ3n) is 4.17. The van der Waals surface area contributed by atoms with Crippen molar-refractivity contribution in [2.45, 2.75) is 25.3 Å². The first kappa shape index (κ1) is 14.6. The fourth-order valence-electron chi connectivity index (χ4n) is 3.08. The van der Waals surface area contributed by atoms with E-state index >= 15 is 0 Å². The van der Waals surface area contributed by atoms with Crippen LogP contribution in [0.15, 0.2) is 11.4 Å². The molecule has 5 heteroatoms. The number of rotatable bonds is 2. The van der Waals surface area contributed by atoms with E-state index in [9.17, 15) is 4.79 Å². The molecule has 1 N–H and O–H groups in total. The zero-order chi connectivity index (χ0) is 14.7. The van der Waals surface area contributed by atoms with Crippen molar-refractivity contribution in [2.75, 3.05) is 32.8 Å². The fraction of sp³-hybridized carbons (Fsp3) is 0.562. The van der Waals surface area contributed by atoms with E-state index in [0.717, 1.165) is 30.1 Å². The van der Waals surface area contributed by atoms with Crippen LogP contribution in [0.2, 0.25) is 0 Å². The molecule has 0 radical (unpaired) electrons.